The fraction of sp³-hybridized carbons (Fsp3) is 0.387. The molecule has 7 N–H and O–H groups in total. The number of fused-ring (bicyclic) bond motifs is 1. The molecule has 0 unspecified atom stereocenters. The minimum Gasteiger partial charge on any atom is -0.494 e. The first kappa shape index (κ1) is 33.1. The molecule has 46 heavy (non-hydrogen) atoms. The average molecular weight is 643 g/mol. The molecule has 13 nitrogen and oxygen atoms in total. The van der Waals surface area contributed by atoms with Gasteiger partial charge in [-0.1, -0.05) is 6.92 Å². The Kier molecular flexibility index (Phi) is 10.4. The fourth-order valence-corrected chi connectivity index (χ4v) is 5.24. The number of carbonyl (C=O) groups is 1. The summed E-state index contributed by atoms with van der Waals surface area (Å²) in [6, 6.07) is 7.01. The van der Waals surface area contributed by atoms with Crippen molar-refractivity contribution in [2.24, 2.45) is 5.73 Å². The molecule has 5 rings (SSSR count). The van der Waals surface area contributed by atoms with Crippen molar-refractivity contribution in [2.75, 3.05) is 32.2 Å². The predicted molar refractivity (Wildman–Crippen MR) is 163 cm³/mol. The Morgan fingerprint density at radius 3 is 2.70 bits per heavy atom. The van der Waals surface area contributed by atoms with Crippen molar-refractivity contribution in [1.29, 1.82) is 0 Å². The number of benzene rings is 2. The minimum absolute atomic E-state index is 0.0121. The van der Waals surface area contributed by atoms with Gasteiger partial charge < -0.3 is 45.9 Å². The van der Waals surface area contributed by atoms with Crippen LogP contribution < -0.4 is 21.1 Å². The van der Waals surface area contributed by atoms with E-state index in [0.29, 0.717) is 41.3 Å². The third-order valence-electron chi connectivity index (χ3n) is 7.78. The van der Waals surface area contributed by atoms with Crippen LogP contribution in [0.5, 0.6) is 5.75 Å². The van der Waals surface area contributed by atoms with Gasteiger partial charge in [0.1, 0.15) is 18.3 Å². The zero-order valence-corrected chi connectivity index (χ0v) is 25.2. The predicted octanol–water partition coefficient (Wildman–Crippen LogP) is 1.89. The number of hydrogen-bond donors (Lipinski definition) is 6. The highest BCUT2D eigenvalue weighted by molar-refractivity contribution is 5.96. The number of halogens is 2. The summed E-state index contributed by atoms with van der Waals surface area (Å²) in [5.74, 6) is -2.25. The van der Waals surface area contributed by atoms with Crippen LogP contribution in [0.3, 0.4) is 0 Å². The molecule has 1 fully saturated rings. The molecule has 0 bridgehead atoms. The van der Waals surface area contributed by atoms with Gasteiger partial charge in [0, 0.05) is 35.8 Å². The summed E-state index contributed by atoms with van der Waals surface area (Å²) < 4.78 is 46.7. The first-order valence-electron chi connectivity index (χ1n) is 14.7. The summed E-state index contributed by atoms with van der Waals surface area (Å²) in [6.45, 7) is 1.85. The molecular weight excluding hydrogens is 606 g/mol. The SMILES string of the molecule is CCc1cc(Nc2nccn3c(-c4ccc(OC)c(F)c4F)cnc23)ccc1C(=O)NCCCO[C@@H]1O[C@H](CO)[C@H](O)[C@H](O)[C@H]1N. The van der Waals surface area contributed by atoms with Gasteiger partial charge in [0.2, 0.25) is 5.82 Å². The number of carbonyl (C=O) groups excluding carboxylic acids is 1. The summed E-state index contributed by atoms with van der Waals surface area (Å²) >= 11 is 0. The lowest BCUT2D eigenvalue weighted by atomic mass is 9.98. The molecule has 0 radical (unpaired) electrons. The number of rotatable bonds is 12. The molecule has 15 heteroatoms. The van der Waals surface area contributed by atoms with Crippen LogP contribution in [0.1, 0.15) is 29.3 Å². The van der Waals surface area contributed by atoms with Gasteiger partial charge in [-0.15, -0.1) is 0 Å². The van der Waals surface area contributed by atoms with Crippen molar-refractivity contribution in [3.05, 3.63) is 71.7 Å². The van der Waals surface area contributed by atoms with Crippen molar-refractivity contribution in [1.82, 2.24) is 19.7 Å². The van der Waals surface area contributed by atoms with Crippen LogP contribution in [0.4, 0.5) is 20.3 Å². The lowest BCUT2D eigenvalue weighted by Gasteiger charge is -2.40. The first-order valence-corrected chi connectivity index (χ1v) is 14.7. The third kappa shape index (κ3) is 6.65. The normalized spacial score (nSPS) is 21.3. The summed E-state index contributed by atoms with van der Waals surface area (Å²) in [7, 11) is 1.26. The van der Waals surface area contributed by atoms with Crippen molar-refractivity contribution in [2.45, 2.75) is 50.4 Å². The second kappa shape index (κ2) is 14.5. The molecule has 2 aromatic carbocycles. The number of nitrogens with zero attached hydrogens (tertiary/aromatic N) is 3. The van der Waals surface area contributed by atoms with E-state index in [0.717, 1.165) is 5.56 Å². The number of aryl methyl sites for hydroxylation is 1. The Morgan fingerprint density at radius 2 is 1.96 bits per heavy atom. The van der Waals surface area contributed by atoms with Gasteiger partial charge in [0.25, 0.3) is 5.91 Å². The molecule has 0 saturated carbocycles. The number of aromatic nitrogens is 3. The third-order valence-corrected chi connectivity index (χ3v) is 7.78. The number of hydrogen-bond acceptors (Lipinski definition) is 11. The summed E-state index contributed by atoms with van der Waals surface area (Å²) in [6.07, 6.45) is 0.850. The largest absolute Gasteiger partial charge is 0.494 e. The Bertz CT molecular complexity index is 1690. The molecule has 4 aromatic rings. The average Bonchev–Trinajstić information content (AvgIpc) is 3.50. The van der Waals surface area contributed by atoms with Crippen LogP contribution in [0.15, 0.2) is 48.9 Å². The van der Waals surface area contributed by atoms with E-state index in [1.165, 1.54) is 31.6 Å². The van der Waals surface area contributed by atoms with E-state index < -0.39 is 48.9 Å². The molecule has 1 amide bonds. The fourth-order valence-electron chi connectivity index (χ4n) is 5.24. The van der Waals surface area contributed by atoms with Gasteiger partial charge in [-0.05, 0) is 48.7 Å². The van der Waals surface area contributed by atoms with Crippen molar-refractivity contribution in [3.63, 3.8) is 0 Å². The lowest BCUT2D eigenvalue weighted by Crippen LogP contribution is -2.62. The number of aliphatic hydroxyl groups is 3. The number of aliphatic hydroxyl groups excluding tert-OH is 3. The zero-order chi connectivity index (χ0) is 33.0. The van der Waals surface area contributed by atoms with Crippen molar-refractivity contribution in [3.8, 4) is 17.0 Å². The van der Waals surface area contributed by atoms with E-state index in [4.69, 9.17) is 19.9 Å². The molecule has 0 aliphatic carbocycles. The number of methoxy groups -OCH3 is 1. The van der Waals surface area contributed by atoms with Crippen molar-refractivity contribution < 1.29 is 43.1 Å². The highest BCUT2D eigenvalue weighted by Gasteiger charge is 2.42. The molecule has 2 aromatic heterocycles. The number of anilines is 2. The van der Waals surface area contributed by atoms with Crippen LogP contribution in [0.2, 0.25) is 0 Å². The molecular formula is C31H36F2N6O7. The summed E-state index contributed by atoms with van der Waals surface area (Å²) in [5, 5.41) is 35.3. The monoisotopic (exact) mass is 642 g/mol. The summed E-state index contributed by atoms with van der Waals surface area (Å²) in [5.41, 5.74) is 8.50. The second-order valence-electron chi connectivity index (χ2n) is 10.7. The van der Waals surface area contributed by atoms with E-state index in [-0.39, 0.29) is 30.4 Å². The van der Waals surface area contributed by atoms with Crippen LogP contribution in [-0.4, -0.2) is 93.1 Å². The molecule has 5 atom stereocenters. The lowest BCUT2D eigenvalue weighted by molar-refractivity contribution is -0.265. The number of ether oxygens (including phenoxy) is 3. The smallest absolute Gasteiger partial charge is 0.251 e. The molecule has 1 aliphatic rings. The van der Waals surface area contributed by atoms with Gasteiger partial charge in [0.05, 0.1) is 38.3 Å². The maximum atomic E-state index is 14.8. The highest BCUT2D eigenvalue weighted by atomic mass is 19.2. The molecule has 3 heterocycles. The number of nitrogens with one attached hydrogen (secondary N) is 2. The first-order chi connectivity index (χ1) is 22.2. The van der Waals surface area contributed by atoms with E-state index in [9.17, 15) is 28.9 Å². The minimum atomic E-state index is -1.32. The zero-order valence-electron chi connectivity index (χ0n) is 25.2. The molecule has 1 aliphatic heterocycles. The van der Waals surface area contributed by atoms with Gasteiger partial charge in [-0.2, -0.15) is 4.39 Å². The number of nitrogens with two attached hydrogens (primary N) is 1. The molecule has 1 saturated heterocycles. The molecule has 0 spiro atoms. The maximum absolute atomic E-state index is 14.8. The van der Waals surface area contributed by atoms with E-state index in [2.05, 4.69) is 20.6 Å². The summed E-state index contributed by atoms with van der Waals surface area (Å²) in [4.78, 5) is 21.7. The molecule has 246 valence electrons. The van der Waals surface area contributed by atoms with Crippen LogP contribution in [0, 0.1) is 11.6 Å². The van der Waals surface area contributed by atoms with E-state index >= 15 is 0 Å². The Balaban J connectivity index is 1.21. The highest BCUT2D eigenvalue weighted by Crippen LogP contribution is 2.32. The quantitative estimate of drug-likeness (QED) is 0.124. The maximum Gasteiger partial charge on any atom is 0.251 e. The topological polar surface area (TPSA) is 186 Å². The van der Waals surface area contributed by atoms with E-state index in [1.807, 2.05) is 13.0 Å². The number of imidazole rings is 1. The standard InChI is InChI=1S/C31H36F2N6O7/c1-3-16-13-17(5-6-18(16)30(43)36-9-4-12-45-31-25(34)27(42)26(41)22(15-40)46-31)38-28-29-37-14-20(39(29)11-10-35-28)19-7-8-21(44-2)24(33)23(19)32/h5-8,10-11,13-14,22,25-27,31,40-42H,3-4,9,12,15,34H2,1-2H3,(H,35,38)(H,36,43)/t22-,25-,26+,27-,31-/m1/s1. The second-order valence-corrected chi connectivity index (χ2v) is 10.7. The van der Waals surface area contributed by atoms with Gasteiger partial charge in [-0.3, -0.25) is 9.20 Å². The van der Waals surface area contributed by atoms with Crippen LogP contribution >= 0.6 is 0 Å². The number of amides is 1. The van der Waals surface area contributed by atoms with E-state index in [1.54, 1.807) is 22.7 Å². The Hall–Kier alpha value is -4.25. The Labute approximate surface area is 262 Å². The van der Waals surface area contributed by atoms with Gasteiger partial charge in [-0.25, -0.2) is 14.4 Å². The van der Waals surface area contributed by atoms with Crippen LogP contribution in [-0.2, 0) is 15.9 Å². The van der Waals surface area contributed by atoms with Crippen molar-refractivity contribution >= 4 is 23.1 Å². The Morgan fingerprint density at radius 1 is 1.15 bits per heavy atom. The van der Waals surface area contributed by atoms with Gasteiger partial charge in [0.15, 0.2) is 29.3 Å². The van der Waals surface area contributed by atoms with Crippen LogP contribution in [0.25, 0.3) is 16.9 Å². The van der Waals surface area contributed by atoms with Gasteiger partial charge >= 0.3 is 0 Å².